The summed E-state index contributed by atoms with van der Waals surface area (Å²) in [6.07, 6.45) is 6.84. The van der Waals surface area contributed by atoms with Crippen LogP contribution in [0.5, 0.6) is 0 Å². The molecule has 0 radical (unpaired) electrons. The third-order valence-corrected chi connectivity index (χ3v) is 8.98. The van der Waals surface area contributed by atoms with Gasteiger partial charge in [-0.1, -0.05) is 121 Å². The van der Waals surface area contributed by atoms with E-state index in [1.54, 1.807) is 0 Å². The lowest BCUT2D eigenvalue weighted by atomic mass is 9.84. The molecule has 0 spiro atoms. The molecule has 0 saturated heterocycles. The number of aromatic nitrogens is 2. The van der Waals surface area contributed by atoms with Gasteiger partial charge in [0, 0.05) is 0 Å². The minimum absolute atomic E-state index is 1.10. The van der Waals surface area contributed by atoms with Crippen LogP contribution in [0, 0.1) is 0 Å². The van der Waals surface area contributed by atoms with E-state index < -0.39 is 0 Å². The molecule has 0 atom stereocenters. The van der Waals surface area contributed by atoms with Gasteiger partial charge in [-0.2, -0.15) is 0 Å². The molecule has 0 fully saturated rings. The predicted molar refractivity (Wildman–Crippen MR) is 178 cm³/mol. The van der Waals surface area contributed by atoms with Gasteiger partial charge in [-0.3, -0.25) is 9.78 Å². The van der Waals surface area contributed by atoms with Crippen LogP contribution in [0.3, 0.4) is 0 Å². The summed E-state index contributed by atoms with van der Waals surface area (Å²) in [5.41, 5.74) is 6.27. The summed E-state index contributed by atoms with van der Waals surface area (Å²) in [6, 6.07) is 46.9. The number of nitrogens with zero attached hydrogens (tertiary/aromatic N) is 1. The van der Waals surface area contributed by atoms with E-state index in [9.17, 15) is 0 Å². The number of rotatable bonds is 3. The molecule has 8 aromatic rings. The fourth-order valence-corrected chi connectivity index (χ4v) is 7.08. The van der Waals surface area contributed by atoms with E-state index in [1.807, 2.05) is 0 Å². The Bertz CT molecular complexity index is 2400. The van der Waals surface area contributed by atoms with E-state index in [0.29, 0.717) is 0 Å². The van der Waals surface area contributed by atoms with Crippen molar-refractivity contribution in [2.45, 2.75) is 12.8 Å². The minimum Gasteiger partial charge on any atom is -0.292 e. The molecule has 1 aromatic heterocycles. The normalized spacial score (nSPS) is 13.0. The first kappa shape index (κ1) is 23.4. The highest BCUT2D eigenvalue weighted by Gasteiger charge is 2.19. The molecule has 7 aromatic carbocycles. The third kappa shape index (κ3) is 3.39. The Labute approximate surface area is 243 Å². The van der Waals surface area contributed by atoms with Crippen LogP contribution in [0.4, 0.5) is 0 Å². The Morgan fingerprint density at radius 2 is 1.02 bits per heavy atom. The summed E-state index contributed by atoms with van der Waals surface area (Å²) in [5, 5.41) is 16.3. The minimum atomic E-state index is 1.10. The van der Waals surface area contributed by atoms with Crippen molar-refractivity contribution in [3.05, 3.63) is 138 Å². The van der Waals surface area contributed by atoms with E-state index in [0.717, 1.165) is 18.5 Å². The quantitative estimate of drug-likeness (QED) is 0.172. The van der Waals surface area contributed by atoms with Crippen molar-refractivity contribution in [1.29, 1.82) is 0 Å². The number of hydrogen-bond donors (Lipinski definition) is 1. The highest BCUT2D eigenvalue weighted by molar-refractivity contribution is 6.25. The smallest absolute Gasteiger partial charge is 0.0837 e. The maximum atomic E-state index is 3.50. The standard InChI is InChI=1S/C40H28N2/c1-2-12-29-27(11-1)25-36(31-14-4-3-13-30(29)31)40-34-17-7-5-15-32(34)39(33-16-6-8-18-35(33)40)26-21-23-28(24-22-26)42-38-20-10-9-19-37(38)41-42/h1-8,11-25,41H,9-10H2. The summed E-state index contributed by atoms with van der Waals surface area (Å²) in [7, 11) is 0. The van der Waals surface area contributed by atoms with Gasteiger partial charge in [-0.15, -0.1) is 0 Å². The Balaban J connectivity index is 1.33. The van der Waals surface area contributed by atoms with Gasteiger partial charge in [0.1, 0.15) is 0 Å². The van der Waals surface area contributed by atoms with Crippen LogP contribution in [-0.4, -0.2) is 9.78 Å². The van der Waals surface area contributed by atoms with E-state index >= 15 is 0 Å². The van der Waals surface area contributed by atoms with Crippen molar-refractivity contribution in [3.8, 4) is 27.9 Å². The van der Waals surface area contributed by atoms with E-state index in [-0.39, 0.29) is 0 Å². The van der Waals surface area contributed by atoms with Gasteiger partial charge in [0.05, 0.1) is 16.4 Å². The predicted octanol–water partition coefficient (Wildman–Crippen LogP) is 9.11. The van der Waals surface area contributed by atoms with Crippen molar-refractivity contribution >= 4 is 55.2 Å². The molecule has 2 nitrogen and oxygen atoms in total. The highest BCUT2D eigenvalue weighted by atomic mass is 15.3. The highest BCUT2D eigenvalue weighted by Crippen LogP contribution is 2.46. The lowest BCUT2D eigenvalue weighted by Gasteiger charge is -2.20. The SMILES string of the molecule is C1=c2[nH]n(-c3ccc(-c4c5ccccc5c(-c5cc6ccccc6c6ccccc56)c5ccccc45)cc3)c2=CCC1. The van der Waals surface area contributed by atoms with Gasteiger partial charge in [0.25, 0.3) is 0 Å². The van der Waals surface area contributed by atoms with Gasteiger partial charge in [0.15, 0.2) is 0 Å². The zero-order valence-electron chi connectivity index (χ0n) is 23.1. The number of fused-ring (bicyclic) bond motifs is 6. The fraction of sp³-hybridized carbons (Fsp3) is 0.0500. The summed E-state index contributed by atoms with van der Waals surface area (Å²) in [5.74, 6) is 0. The topological polar surface area (TPSA) is 20.7 Å². The van der Waals surface area contributed by atoms with Gasteiger partial charge in [0.2, 0.25) is 0 Å². The van der Waals surface area contributed by atoms with Crippen molar-refractivity contribution < 1.29 is 0 Å². The zero-order valence-corrected chi connectivity index (χ0v) is 23.1. The van der Waals surface area contributed by atoms with Crippen LogP contribution in [0.2, 0.25) is 0 Å². The molecule has 1 heterocycles. The summed E-state index contributed by atoms with van der Waals surface area (Å²) >= 11 is 0. The van der Waals surface area contributed by atoms with Crippen LogP contribution < -0.4 is 10.7 Å². The maximum Gasteiger partial charge on any atom is 0.0837 e. The monoisotopic (exact) mass is 536 g/mol. The lowest BCUT2D eigenvalue weighted by molar-refractivity contribution is 0.703. The van der Waals surface area contributed by atoms with E-state index in [4.69, 9.17) is 0 Å². The first-order valence-corrected chi connectivity index (χ1v) is 14.8. The molecule has 198 valence electrons. The largest absolute Gasteiger partial charge is 0.292 e. The summed E-state index contributed by atoms with van der Waals surface area (Å²) < 4.78 is 2.19. The number of benzene rings is 7. The molecule has 0 aliphatic heterocycles. The molecule has 9 rings (SSSR count). The molecular weight excluding hydrogens is 508 g/mol. The van der Waals surface area contributed by atoms with Gasteiger partial charge in [-0.05, 0) is 96.4 Å². The lowest BCUT2D eigenvalue weighted by Crippen LogP contribution is -2.48. The van der Waals surface area contributed by atoms with Crippen LogP contribution in [0.15, 0.2) is 127 Å². The second-order valence-electron chi connectivity index (χ2n) is 11.3. The molecule has 2 heteroatoms. The number of hydrogen-bond acceptors (Lipinski definition) is 0. The van der Waals surface area contributed by atoms with Crippen LogP contribution >= 0.6 is 0 Å². The fourth-order valence-electron chi connectivity index (χ4n) is 7.08. The maximum absolute atomic E-state index is 3.50. The molecule has 1 N–H and O–H groups in total. The molecule has 0 unspecified atom stereocenters. The number of H-pyrrole nitrogens is 1. The second-order valence-corrected chi connectivity index (χ2v) is 11.3. The third-order valence-electron chi connectivity index (χ3n) is 8.98. The molecule has 0 amide bonds. The molecular formula is C40H28N2. The summed E-state index contributed by atoms with van der Waals surface area (Å²) in [4.78, 5) is 0. The second kappa shape index (κ2) is 9.09. The van der Waals surface area contributed by atoms with Gasteiger partial charge in [-0.25, -0.2) is 0 Å². The Morgan fingerprint density at radius 1 is 0.476 bits per heavy atom. The van der Waals surface area contributed by atoms with E-state index in [1.165, 1.54) is 76.0 Å². The number of nitrogens with one attached hydrogen (secondary N) is 1. The summed E-state index contributed by atoms with van der Waals surface area (Å²) in [6.45, 7) is 0. The Kier molecular flexibility index (Phi) is 5.06. The average molecular weight is 537 g/mol. The molecule has 1 aliphatic rings. The molecule has 1 aliphatic carbocycles. The van der Waals surface area contributed by atoms with E-state index in [2.05, 4.69) is 149 Å². The number of aromatic amines is 1. The van der Waals surface area contributed by atoms with Gasteiger partial charge < -0.3 is 0 Å². The zero-order chi connectivity index (χ0) is 27.6. The Hall–Kier alpha value is -5.34. The first-order chi connectivity index (χ1) is 20.8. The van der Waals surface area contributed by atoms with Crippen molar-refractivity contribution in [2.75, 3.05) is 0 Å². The van der Waals surface area contributed by atoms with Crippen LogP contribution in [0.25, 0.3) is 83.2 Å². The Morgan fingerprint density at radius 3 is 1.69 bits per heavy atom. The van der Waals surface area contributed by atoms with Crippen LogP contribution in [0.1, 0.15) is 12.8 Å². The van der Waals surface area contributed by atoms with Crippen molar-refractivity contribution in [1.82, 2.24) is 9.78 Å². The average Bonchev–Trinajstić information content (AvgIpc) is 3.04. The van der Waals surface area contributed by atoms with Crippen molar-refractivity contribution in [3.63, 3.8) is 0 Å². The molecule has 0 saturated carbocycles. The van der Waals surface area contributed by atoms with Crippen molar-refractivity contribution in [2.24, 2.45) is 0 Å². The van der Waals surface area contributed by atoms with Crippen LogP contribution in [-0.2, 0) is 0 Å². The van der Waals surface area contributed by atoms with Gasteiger partial charge >= 0.3 is 0 Å². The first-order valence-electron chi connectivity index (χ1n) is 14.8. The molecule has 42 heavy (non-hydrogen) atoms. The molecule has 0 bridgehead atoms.